The third-order valence-corrected chi connectivity index (χ3v) is 11.6. The number of hydrogen-bond acceptors (Lipinski definition) is 0. The Morgan fingerprint density at radius 2 is 0.912 bits per heavy atom. The standard InChI is InChI=1S/C31H39NSi2/c1-24-18-20-27(21-19-24)32-22-28(30(33(2,3)4)25-14-10-8-11-15-25)29(23-32)31(34(5,6)7)26-16-12-9-13-17-26/h8-23,30-31H,1-7H3. The summed E-state index contributed by atoms with van der Waals surface area (Å²) < 4.78 is 2.39. The Balaban J connectivity index is 2.00. The third-order valence-electron chi connectivity index (χ3n) is 6.84. The maximum Gasteiger partial charge on any atom is 0.0574 e. The van der Waals surface area contributed by atoms with Crippen LogP contribution in [0.1, 0.15) is 38.9 Å². The molecule has 0 amide bonds. The highest BCUT2D eigenvalue weighted by molar-refractivity contribution is 6.79. The van der Waals surface area contributed by atoms with Crippen molar-refractivity contribution in [3.05, 3.63) is 125 Å². The van der Waals surface area contributed by atoms with Gasteiger partial charge in [-0.1, -0.05) is 118 Å². The lowest BCUT2D eigenvalue weighted by Crippen LogP contribution is -2.36. The predicted molar refractivity (Wildman–Crippen MR) is 154 cm³/mol. The largest absolute Gasteiger partial charge is 0.323 e. The molecule has 0 saturated carbocycles. The van der Waals surface area contributed by atoms with Crippen molar-refractivity contribution in [3.63, 3.8) is 0 Å². The highest BCUT2D eigenvalue weighted by Gasteiger charge is 2.38. The molecule has 0 aliphatic carbocycles. The Hall–Kier alpha value is -2.63. The van der Waals surface area contributed by atoms with Crippen LogP contribution in [0, 0.1) is 6.92 Å². The quantitative estimate of drug-likeness (QED) is 0.232. The zero-order valence-electron chi connectivity index (χ0n) is 21.8. The average molecular weight is 482 g/mol. The van der Waals surface area contributed by atoms with Gasteiger partial charge in [-0.15, -0.1) is 0 Å². The fourth-order valence-corrected chi connectivity index (χ4v) is 10.2. The Morgan fingerprint density at radius 3 is 1.26 bits per heavy atom. The van der Waals surface area contributed by atoms with E-state index in [9.17, 15) is 0 Å². The molecule has 4 aromatic rings. The van der Waals surface area contributed by atoms with Crippen LogP contribution in [0.4, 0.5) is 0 Å². The molecule has 0 N–H and O–H groups in total. The summed E-state index contributed by atoms with van der Waals surface area (Å²) >= 11 is 0. The summed E-state index contributed by atoms with van der Waals surface area (Å²) in [6.07, 6.45) is 4.90. The summed E-state index contributed by atoms with van der Waals surface area (Å²) in [5.41, 5.74) is 9.35. The molecule has 3 aromatic carbocycles. The molecule has 0 spiro atoms. The van der Waals surface area contributed by atoms with Crippen LogP contribution >= 0.6 is 0 Å². The number of hydrogen-bond donors (Lipinski definition) is 0. The molecular formula is C31H39NSi2. The van der Waals surface area contributed by atoms with E-state index < -0.39 is 16.1 Å². The molecule has 1 nitrogen and oxygen atoms in total. The minimum atomic E-state index is -1.60. The first kappa shape index (κ1) is 24.5. The van der Waals surface area contributed by atoms with Gasteiger partial charge in [0.2, 0.25) is 0 Å². The molecule has 4 rings (SSSR count). The summed E-state index contributed by atoms with van der Waals surface area (Å²) in [5, 5.41) is 0. The van der Waals surface area contributed by atoms with Gasteiger partial charge in [-0.05, 0) is 41.3 Å². The van der Waals surface area contributed by atoms with Gasteiger partial charge in [-0.25, -0.2) is 0 Å². The summed E-state index contributed by atoms with van der Waals surface area (Å²) in [7, 11) is -3.20. The second-order valence-corrected chi connectivity index (χ2v) is 22.4. The highest BCUT2D eigenvalue weighted by Crippen LogP contribution is 2.43. The van der Waals surface area contributed by atoms with E-state index in [1.165, 1.54) is 33.5 Å². The van der Waals surface area contributed by atoms with E-state index in [0.717, 1.165) is 0 Å². The lowest BCUT2D eigenvalue weighted by Gasteiger charge is -2.35. The summed E-state index contributed by atoms with van der Waals surface area (Å²) in [6.45, 7) is 17.3. The Morgan fingerprint density at radius 1 is 0.529 bits per heavy atom. The van der Waals surface area contributed by atoms with E-state index in [2.05, 4.69) is 148 Å². The van der Waals surface area contributed by atoms with Gasteiger partial charge < -0.3 is 4.57 Å². The zero-order valence-corrected chi connectivity index (χ0v) is 23.8. The molecule has 1 heterocycles. The van der Waals surface area contributed by atoms with Gasteiger partial charge >= 0.3 is 0 Å². The minimum Gasteiger partial charge on any atom is -0.323 e. The van der Waals surface area contributed by atoms with Gasteiger partial charge in [0, 0.05) is 29.2 Å². The Labute approximate surface area is 208 Å². The molecule has 0 saturated heterocycles. The predicted octanol–water partition coefficient (Wildman–Crippen LogP) is 8.80. The van der Waals surface area contributed by atoms with Crippen molar-refractivity contribution in [1.29, 1.82) is 0 Å². The first-order chi connectivity index (χ1) is 16.1. The number of aryl methyl sites for hydroxylation is 1. The number of nitrogens with zero attached hydrogens (tertiary/aromatic N) is 1. The smallest absolute Gasteiger partial charge is 0.0574 e. The van der Waals surface area contributed by atoms with Crippen molar-refractivity contribution in [2.24, 2.45) is 0 Å². The molecule has 176 valence electrons. The van der Waals surface area contributed by atoms with E-state index in [0.29, 0.717) is 11.1 Å². The average Bonchev–Trinajstić information content (AvgIpc) is 3.18. The summed E-state index contributed by atoms with van der Waals surface area (Å²) in [4.78, 5) is 0. The van der Waals surface area contributed by atoms with Gasteiger partial charge in [0.15, 0.2) is 0 Å². The Kier molecular flexibility index (Phi) is 6.88. The van der Waals surface area contributed by atoms with Gasteiger partial charge in [-0.2, -0.15) is 0 Å². The summed E-state index contributed by atoms with van der Waals surface area (Å²) in [6, 6.07) is 31.4. The van der Waals surface area contributed by atoms with E-state index in [1.54, 1.807) is 0 Å². The van der Waals surface area contributed by atoms with Crippen LogP contribution in [0.15, 0.2) is 97.3 Å². The van der Waals surface area contributed by atoms with Gasteiger partial charge in [0.1, 0.15) is 0 Å². The topological polar surface area (TPSA) is 4.93 Å². The second kappa shape index (κ2) is 9.55. The van der Waals surface area contributed by atoms with Crippen molar-refractivity contribution in [1.82, 2.24) is 4.57 Å². The summed E-state index contributed by atoms with van der Waals surface area (Å²) in [5.74, 6) is 0. The number of aromatic nitrogens is 1. The van der Waals surface area contributed by atoms with E-state index in [4.69, 9.17) is 0 Å². The second-order valence-electron chi connectivity index (χ2n) is 11.8. The van der Waals surface area contributed by atoms with Crippen LogP contribution < -0.4 is 0 Å². The zero-order chi connectivity index (χ0) is 24.5. The van der Waals surface area contributed by atoms with Gasteiger partial charge in [-0.3, -0.25) is 0 Å². The minimum absolute atomic E-state index is 0.443. The molecule has 0 aliphatic rings. The molecule has 2 atom stereocenters. The normalized spacial score (nSPS) is 14.1. The fourth-order valence-electron chi connectivity index (χ4n) is 5.42. The van der Waals surface area contributed by atoms with Crippen molar-refractivity contribution < 1.29 is 0 Å². The third kappa shape index (κ3) is 5.21. The first-order valence-electron chi connectivity index (χ1n) is 12.4. The maximum absolute atomic E-state index is 2.52. The molecule has 0 radical (unpaired) electrons. The fraction of sp³-hybridized carbons (Fsp3) is 0.290. The first-order valence-corrected chi connectivity index (χ1v) is 19.6. The van der Waals surface area contributed by atoms with E-state index >= 15 is 0 Å². The molecule has 34 heavy (non-hydrogen) atoms. The van der Waals surface area contributed by atoms with E-state index in [1.807, 2.05) is 0 Å². The highest BCUT2D eigenvalue weighted by atomic mass is 28.3. The SMILES string of the molecule is Cc1ccc(-n2cc(C(c3ccccc3)[Si](C)(C)C)c(C(c3ccccc3)[Si](C)(C)C)c2)cc1. The van der Waals surface area contributed by atoms with Crippen molar-refractivity contribution in [2.45, 2.75) is 57.3 Å². The van der Waals surface area contributed by atoms with Crippen molar-refractivity contribution in [3.8, 4) is 5.69 Å². The van der Waals surface area contributed by atoms with Crippen LogP contribution in [0.5, 0.6) is 0 Å². The lowest BCUT2D eigenvalue weighted by atomic mass is 9.98. The number of benzene rings is 3. The van der Waals surface area contributed by atoms with E-state index in [-0.39, 0.29) is 0 Å². The van der Waals surface area contributed by atoms with Crippen LogP contribution in [-0.4, -0.2) is 20.7 Å². The molecule has 3 heteroatoms. The van der Waals surface area contributed by atoms with Crippen molar-refractivity contribution in [2.75, 3.05) is 0 Å². The monoisotopic (exact) mass is 481 g/mol. The molecule has 0 fully saturated rings. The molecule has 0 bridgehead atoms. The van der Waals surface area contributed by atoms with Gasteiger partial charge in [0.05, 0.1) is 16.1 Å². The molecule has 0 aliphatic heterocycles. The van der Waals surface area contributed by atoms with Crippen LogP contribution in [-0.2, 0) is 0 Å². The van der Waals surface area contributed by atoms with Crippen LogP contribution in [0.25, 0.3) is 5.69 Å². The van der Waals surface area contributed by atoms with Crippen LogP contribution in [0.3, 0.4) is 0 Å². The number of rotatable bonds is 7. The molecule has 2 unspecified atom stereocenters. The Bertz CT molecular complexity index is 1140. The van der Waals surface area contributed by atoms with Crippen LogP contribution in [0.2, 0.25) is 39.3 Å². The maximum atomic E-state index is 2.52. The van der Waals surface area contributed by atoms with Crippen molar-refractivity contribution >= 4 is 16.1 Å². The molecule has 1 aromatic heterocycles. The van der Waals surface area contributed by atoms with Gasteiger partial charge in [0.25, 0.3) is 0 Å². The lowest BCUT2D eigenvalue weighted by molar-refractivity contribution is 0.998. The molecular weight excluding hydrogens is 443 g/mol.